The van der Waals surface area contributed by atoms with Gasteiger partial charge in [-0.3, -0.25) is 0 Å². The molecule has 0 aliphatic heterocycles. The van der Waals surface area contributed by atoms with Crippen molar-refractivity contribution in [1.29, 1.82) is 0 Å². The molecule has 0 unspecified atom stereocenters. The minimum Gasteiger partial charge on any atom is -0.450 e. The fourth-order valence-electron chi connectivity index (χ4n) is 2.83. The number of nitrogens with zero attached hydrogens (tertiary/aromatic N) is 4. The van der Waals surface area contributed by atoms with E-state index in [1.54, 1.807) is 10.6 Å². The summed E-state index contributed by atoms with van der Waals surface area (Å²) in [6.45, 7) is 1.81. The Bertz CT molecular complexity index is 1010. The Kier molecular flexibility index (Phi) is 3.30. The largest absolute Gasteiger partial charge is 0.450 e. The average molecular weight is 320 g/mol. The summed E-state index contributed by atoms with van der Waals surface area (Å²) in [5, 5.41) is 0. The number of hydrogen-bond acceptors (Lipinski definition) is 4. The molecule has 0 saturated carbocycles. The molecule has 0 saturated heterocycles. The van der Waals surface area contributed by atoms with Gasteiger partial charge < -0.3 is 13.7 Å². The molecule has 0 aliphatic rings. The van der Waals surface area contributed by atoms with Crippen LogP contribution in [0.2, 0.25) is 0 Å². The molecule has 24 heavy (non-hydrogen) atoms. The van der Waals surface area contributed by atoms with Gasteiger partial charge in [0.2, 0.25) is 0 Å². The lowest BCUT2D eigenvalue weighted by molar-refractivity contribution is 0.0309. The smallest absolute Gasteiger partial charge is 0.359 e. The molecule has 0 N–H and O–H groups in total. The van der Waals surface area contributed by atoms with Crippen LogP contribution in [0.3, 0.4) is 0 Å². The van der Waals surface area contributed by atoms with Crippen LogP contribution in [0.1, 0.15) is 29.3 Å². The minimum atomic E-state index is -0.472. The Balaban J connectivity index is 1.61. The zero-order valence-electron chi connectivity index (χ0n) is 13.4. The quantitative estimate of drug-likeness (QED) is 0.544. The summed E-state index contributed by atoms with van der Waals surface area (Å²) in [5.41, 5.74) is 2.88. The van der Waals surface area contributed by atoms with Crippen LogP contribution >= 0.6 is 0 Å². The van der Waals surface area contributed by atoms with E-state index in [9.17, 15) is 4.79 Å². The zero-order valence-corrected chi connectivity index (χ0v) is 13.4. The molecule has 6 heteroatoms. The Labute approximate surface area is 138 Å². The fourth-order valence-corrected chi connectivity index (χ4v) is 2.83. The lowest BCUT2D eigenvalue weighted by atomic mass is 10.3. The van der Waals surface area contributed by atoms with Crippen LogP contribution in [-0.2, 0) is 11.8 Å². The van der Waals surface area contributed by atoms with E-state index in [1.165, 1.54) is 0 Å². The van der Waals surface area contributed by atoms with Crippen LogP contribution < -0.4 is 0 Å². The van der Waals surface area contributed by atoms with Crippen molar-refractivity contribution in [2.75, 3.05) is 0 Å². The zero-order chi connectivity index (χ0) is 16.7. The molecule has 1 atom stereocenters. The predicted molar refractivity (Wildman–Crippen MR) is 89.7 cm³/mol. The second-order valence-electron chi connectivity index (χ2n) is 5.66. The molecule has 120 valence electrons. The molecule has 1 aromatic carbocycles. The number of aryl methyl sites for hydroxylation is 1. The van der Waals surface area contributed by atoms with Gasteiger partial charge in [-0.2, -0.15) is 0 Å². The maximum atomic E-state index is 12.4. The lowest BCUT2D eigenvalue weighted by Crippen LogP contribution is -2.13. The molecule has 0 radical (unpaired) electrons. The standard InChI is InChI=1S/C18H16N4O2/c1-12(17-20-13-7-3-4-8-15(13)21(17)2)24-18(23)14-11-22-10-6-5-9-16(22)19-14/h3-12H,1-2H3/t12-/m0/s1. The Morgan fingerprint density at radius 3 is 2.71 bits per heavy atom. The number of hydrogen-bond donors (Lipinski definition) is 0. The molecular formula is C18H16N4O2. The second-order valence-corrected chi connectivity index (χ2v) is 5.66. The van der Waals surface area contributed by atoms with Gasteiger partial charge in [-0.05, 0) is 31.2 Å². The summed E-state index contributed by atoms with van der Waals surface area (Å²) in [4.78, 5) is 21.2. The monoisotopic (exact) mass is 320 g/mol. The summed E-state index contributed by atoms with van der Waals surface area (Å²) in [7, 11) is 1.92. The third kappa shape index (κ3) is 2.32. The minimum absolute atomic E-state index is 0.284. The van der Waals surface area contributed by atoms with Crippen LogP contribution in [0.25, 0.3) is 16.7 Å². The SMILES string of the molecule is C[C@H](OC(=O)c1cn2ccccc2n1)c1nc2ccccc2n1C. The van der Waals surface area contributed by atoms with E-state index in [0.29, 0.717) is 11.5 Å². The topological polar surface area (TPSA) is 61.4 Å². The number of benzene rings is 1. The summed E-state index contributed by atoms with van der Waals surface area (Å²) in [5.74, 6) is 0.242. The molecular weight excluding hydrogens is 304 g/mol. The first-order chi connectivity index (χ1) is 11.6. The third-order valence-corrected chi connectivity index (χ3v) is 4.04. The van der Waals surface area contributed by atoms with Gasteiger partial charge in [0.25, 0.3) is 0 Å². The number of fused-ring (bicyclic) bond motifs is 2. The van der Waals surface area contributed by atoms with E-state index >= 15 is 0 Å². The highest BCUT2D eigenvalue weighted by Crippen LogP contribution is 2.22. The second kappa shape index (κ2) is 5.49. The Hall–Kier alpha value is -3.15. The van der Waals surface area contributed by atoms with Crippen molar-refractivity contribution < 1.29 is 9.53 Å². The highest BCUT2D eigenvalue weighted by molar-refractivity contribution is 5.88. The van der Waals surface area contributed by atoms with Crippen molar-refractivity contribution in [3.05, 3.63) is 66.4 Å². The van der Waals surface area contributed by atoms with Crippen molar-refractivity contribution in [1.82, 2.24) is 18.9 Å². The molecule has 0 bridgehead atoms. The average Bonchev–Trinajstić information content (AvgIpc) is 3.17. The molecule has 3 aromatic heterocycles. The Morgan fingerprint density at radius 1 is 1.12 bits per heavy atom. The normalized spacial score (nSPS) is 12.6. The van der Waals surface area contributed by atoms with Crippen LogP contribution in [0, 0.1) is 0 Å². The van der Waals surface area contributed by atoms with Crippen molar-refractivity contribution >= 4 is 22.6 Å². The molecule has 0 aliphatic carbocycles. The number of esters is 1. The molecule has 0 fully saturated rings. The summed E-state index contributed by atoms with van der Waals surface area (Å²) >= 11 is 0. The van der Waals surface area contributed by atoms with Crippen LogP contribution in [0.15, 0.2) is 54.9 Å². The number of ether oxygens (including phenoxy) is 1. The number of carbonyl (C=O) groups excluding carboxylic acids is 1. The van der Waals surface area contributed by atoms with E-state index in [-0.39, 0.29) is 5.69 Å². The van der Waals surface area contributed by atoms with Crippen LogP contribution in [0.4, 0.5) is 0 Å². The number of imidazole rings is 2. The van der Waals surface area contributed by atoms with E-state index in [2.05, 4.69) is 9.97 Å². The maximum absolute atomic E-state index is 12.4. The number of aromatic nitrogens is 4. The molecule has 0 amide bonds. The van der Waals surface area contributed by atoms with Crippen molar-refractivity contribution in [2.45, 2.75) is 13.0 Å². The Morgan fingerprint density at radius 2 is 1.92 bits per heavy atom. The number of para-hydroxylation sites is 2. The summed E-state index contributed by atoms with van der Waals surface area (Å²) in [6, 6.07) is 13.4. The molecule has 4 rings (SSSR count). The predicted octanol–water partition coefficient (Wildman–Crippen LogP) is 3.14. The first kappa shape index (κ1) is 14.4. The molecule has 3 heterocycles. The lowest BCUT2D eigenvalue weighted by Gasteiger charge is -2.12. The van der Waals surface area contributed by atoms with E-state index in [1.807, 2.05) is 67.2 Å². The first-order valence-corrected chi connectivity index (χ1v) is 7.69. The van der Waals surface area contributed by atoms with E-state index in [0.717, 1.165) is 11.0 Å². The number of carbonyl (C=O) groups is 1. The van der Waals surface area contributed by atoms with Gasteiger partial charge in [0.15, 0.2) is 17.6 Å². The summed E-state index contributed by atoms with van der Waals surface area (Å²) < 4.78 is 9.29. The van der Waals surface area contributed by atoms with E-state index < -0.39 is 12.1 Å². The maximum Gasteiger partial charge on any atom is 0.359 e. The fraction of sp³-hybridized carbons (Fsp3) is 0.167. The highest BCUT2D eigenvalue weighted by atomic mass is 16.5. The van der Waals surface area contributed by atoms with Gasteiger partial charge in [-0.1, -0.05) is 18.2 Å². The van der Waals surface area contributed by atoms with Gasteiger partial charge in [-0.15, -0.1) is 0 Å². The summed E-state index contributed by atoms with van der Waals surface area (Å²) in [6.07, 6.45) is 3.03. The first-order valence-electron chi connectivity index (χ1n) is 7.69. The van der Waals surface area contributed by atoms with Crippen molar-refractivity contribution in [2.24, 2.45) is 7.05 Å². The van der Waals surface area contributed by atoms with Gasteiger partial charge in [0, 0.05) is 19.4 Å². The molecule has 4 aromatic rings. The van der Waals surface area contributed by atoms with Gasteiger partial charge >= 0.3 is 5.97 Å². The number of pyridine rings is 1. The highest BCUT2D eigenvalue weighted by Gasteiger charge is 2.20. The molecule has 6 nitrogen and oxygen atoms in total. The van der Waals surface area contributed by atoms with Gasteiger partial charge in [0.05, 0.1) is 11.0 Å². The third-order valence-electron chi connectivity index (χ3n) is 4.04. The van der Waals surface area contributed by atoms with Gasteiger partial charge in [-0.25, -0.2) is 14.8 Å². The number of rotatable bonds is 3. The van der Waals surface area contributed by atoms with Crippen LogP contribution in [0.5, 0.6) is 0 Å². The van der Waals surface area contributed by atoms with E-state index in [4.69, 9.17) is 4.74 Å². The molecule has 0 spiro atoms. The van der Waals surface area contributed by atoms with Crippen LogP contribution in [-0.4, -0.2) is 24.9 Å². The van der Waals surface area contributed by atoms with Crippen molar-refractivity contribution in [3.63, 3.8) is 0 Å². The van der Waals surface area contributed by atoms with Crippen molar-refractivity contribution in [3.8, 4) is 0 Å². The van der Waals surface area contributed by atoms with Gasteiger partial charge in [0.1, 0.15) is 5.65 Å².